The highest BCUT2D eigenvalue weighted by atomic mass is 16.5. The molecule has 1 aliphatic carbocycles. The van der Waals surface area contributed by atoms with E-state index in [0.29, 0.717) is 24.0 Å². The number of carbonyl (C=O) groups is 2. The molecule has 0 unspecified atom stereocenters. The van der Waals surface area contributed by atoms with Crippen LogP contribution < -0.4 is 0 Å². The summed E-state index contributed by atoms with van der Waals surface area (Å²) >= 11 is 0. The van der Waals surface area contributed by atoms with Gasteiger partial charge in [0, 0.05) is 55.1 Å². The number of benzene rings is 1. The normalized spacial score (nSPS) is 27.4. The van der Waals surface area contributed by atoms with E-state index in [2.05, 4.69) is 13.8 Å². The van der Waals surface area contributed by atoms with Crippen LogP contribution >= 0.6 is 0 Å². The third-order valence-corrected chi connectivity index (χ3v) is 5.41. The Kier molecular flexibility index (Phi) is 3.60. The fourth-order valence-electron chi connectivity index (χ4n) is 4.20. The molecule has 2 aliphatic heterocycles. The average molecular weight is 337 g/mol. The molecule has 4 heteroatoms. The maximum absolute atomic E-state index is 13.1. The summed E-state index contributed by atoms with van der Waals surface area (Å²) in [6, 6.07) is 9.29. The fourth-order valence-corrected chi connectivity index (χ4v) is 4.20. The number of hydrogen-bond acceptors (Lipinski definition) is 4. The Bertz CT molecular complexity index is 804. The summed E-state index contributed by atoms with van der Waals surface area (Å²) in [5, 5.41) is 0. The van der Waals surface area contributed by atoms with E-state index in [9.17, 15) is 9.59 Å². The van der Waals surface area contributed by atoms with Crippen molar-refractivity contribution in [3.05, 3.63) is 59.0 Å². The molecule has 2 atom stereocenters. The minimum absolute atomic E-state index is 0.00211. The molecule has 130 valence electrons. The molecule has 25 heavy (non-hydrogen) atoms. The topological polar surface area (TPSA) is 46.6 Å². The Hall–Kier alpha value is -2.36. The summed E-state index contributed by atoms with van der Waals surface area (Å²) < 4.78 is 6.14. The molecule has 0 N–H and O–H groups in total. The summed E-state index contributed by atoms with van der Waals surface area (Å²) in [6.07, 6.45) is 3.69. The molecule has 0 spiro atoms. The van der Waals surface area contributed by atoms with Gasteiger partial charge in [0.2, 0.25) is 0 Å². The van der Waals surface area contributed by atoms with Crippen LogP contribution in [0.5, 0.6) is 0 Å². The number of Topliss-reactive ketones (excluding diaryl/α,β-unsaturated/α-hetero) is 2. The molecule has 2 bridgehead atoms. The van der Waals surface area contributed by atoms with Gasteiger partial charge in [-0.1, -0.05) is 44.2 Å². The Morgan fingerprint density at radius 3 is 2.64 bits per heavy atom. The molecule has 4 nitrogen and oxygen atoms in total. The molecule has 0 saturated heterocycles. The van der Waals surface area contributed by atoms with Gasteiger partial charge in [-0.15, -0.1) is 0 Å². The summed E-state index contributed by atoms with van der Waals surface area (Å²) in [7, 11) is 1.93. The van der Waals surface area contributed by atoms with Crippen LogP contribution in [0.15, 0.2) is 53.4 Å². The van der Waals surface area contributed by atoms with E-state index in [-0.39, 0.29) is 29.1 Å². The second-order valence-corrected chi connectivity index (χ2v) is 8.08. The summed E-state index contributed by atoms with van der Waals surface area (Å²) in [4.78, 5) is 27.9. The van der Waals surface area contributed by atoms with Crippen molar-refractivity contribution in [3.63, 3.8) is 0 Å². The van der Waals surface area contributed by atoms with E-state index in [4.69, 9.17) is 4.74 Å². The van der Waals surface area contributed by atoms with Crippen LogP contribution in [0.4, 0.5) is 0 Å². The van der Waals surface area contributed by atoms with E-state index >= 15 is 0 Å². The van der Waals surface area contributed by atoms with Crippen LogP contribution in [-0.4, -0.2) is 29.7 Å². The van der Waals surface area contributed by atoms with E-state index in [0.717, 1.165) is 17.8 Å². The van der Waals surface area contributed by atoms with Crippen molar-refractivity contribution < 1.29 is 14.3 Å². The SMILES string of the molecule is CN1C=C(C(=O)c2ccccc2)[C@@H]2C[C@H]1OC1=C2C(=O)CC(C)(C)C1. The molecular weight excluding hydrogens is 314 g/mol. The maximum Gasteiger partial charge on any atom is 0.191 e. The molecule has 0 fully saturated rings. The zero-order valence-corrected chi connectivity index (χ0v) is 14.9. The monoisotopic (exact) mass is 337 g/mol. The van der Waals surface area contributed by atoms with Gasteiger partial charge >= 0.3 is 0 Å². The van der Waals surface area contributed by atoms with Crippen LogP contribution in [0, 0.1) is 11.3 Å². The molecule has 0 saturated carbocycles. The Morgan fingerprint density at radius 1 is 1.20 bits per heavy atom. The van der Waals surface area contributed by atoms with Gasteiger partial charge in [-0.25, -0.2) is 0 Å². The lowest BCUT2D eigenvalue weighted by Crippen LogP contribution is -2.45. The first kappa shape index (κ1) is 16.1. The third-order valence-electron chi connectivity index (χ3n) is 5.41. The van der Waals surface area contributed by atoms with Gasteiger partial charge in [0.1, 0.15) is 5.76 Å². The molecule has 3 aliphatic rings. The lowest BCUT2D eigenvalue weighted by atomic mass is 9.69. The molecule has 4 rings (SSSR count). The zero-order valence-electron chi connectivity index (χ0n) is 14.9. The first-order valence-corrected chi connectivity index (χ1v) is 8.82. The Labute approximate surface area is 148 Å². The number of hydrogen-bond donors (Lipinski definition) is 0. The van der Waals surface area contributed by atoms with E-state index in [1.165, 1.54) is 0 Å². The molecule has 1 aromatic carbocycles. The van der Waals surface area contributed by atoms with Crippen LogP contribution in [0.3, 0.4) is 0 Å². The summed E-state index contributed by atoms with van der Waals surface area (Å²) in [5.74, 6) is 0.773. The van der Waals surface area contributed by atoms with Crippen molar-refractivity contribution in [1.82, 2.24) is 4.90 Å². The van der Waals surface area contributed by atoms with Crippen molar-refractivity contribution in [3.8, 4) is 0 Å². The Balaban J connectivity index is 1.77. The second-order valence-electron chi connectivity index (χ2n) is 8.08. The molecule has 0 amide bonds. The van der Waals surface area contributed by atoms with Crippen LogP contribution in [0.2, 0.25) is 0 Å². The maximum atomic E-state index is 13.1. The van der Waals surface area contributed by atoms with Gasteiger partial charge < -0.3 is 9.64 Å². The lowest BCUT2D eigenvalue weighted by Gasteiger charge is -2.45. The highest BCUT2D eigenvalue weighted by Gasteiger charge is 2.46. The van der Waals surface area contributed by atoms with E-state index < -0.39 is 0 Å². The predicted octanol–water partition coefficient (Wildman–Crippen LogP) is 3.70. The van der Waals surface area contributed by atoms with Crippen LogP contribution in [0.1, 0.15) is 43.5 Å². The first-order chi connectivity index (χ1) is 11.9. The quantitative estimate of drug-likeness (QED) is 0.772. The summed E-state index contributed by atoms with van der Waals surface area (Å²) in [6.45, 7) is 4.19. The molecule has 0 radical (unpaired) electrons. The number of carbonyl (C=O) groups excluding carboxylic acids is 2. The van der Waals surface area contributed by atoms with Gasteiger partial charge in [0.25, 0.3) is 0 Å². The Morgan fingerprint density at radius 2 is 1.92 bits per heavy atom. The zero-order chi connectivity index (χ0) is 17.8. The second kappa shape index (κ2) is 5.58. The van der Waals surface area contributed by atoms with Crippen molar-refractivity contribution in [1.29, 1.82) is 0 Å². The predicted molar refractivity (Wildman–Crippen MR) is 94.6 cm³/mol. The average Bonchev–Trinajstić information content (AvgIpc) is 2.56. The minimum atomic E-state index is -0.152. The standard InChI is InChI=1S/C21H23NO3/c1-21(2)10-16(23)19-14-9-18(25-17(19)11-21)22(3)12-15(14)20(24)13-7-5-4-6-8-13/h4-8,12,14,18H,9-11H2,1-3H3/t14-,18+/m0/s1. The largest absolute Gasteiger partial charge is 0.474 e. The van der Waals surface area contributed by atoms with E-state index in [1.807, 2.05) is 48.5 Å². The van der Waals surface area contributed by atoms with Gasteiger partial charge in [-0.2, -0.15) is 0 Å². The van der Waals surface area contributed by atoms with Crippen LogP contribution in [0.25, 0.3) is 0 Å². The van der Waals surface area contributed by atoms with Gasteiger partial charge in [-0.05, 0) is 5.41 Å². The van der Waals surface area contributed by atoms with Gasteiger partial charge in [0.05, 0.1) is 0 Å². The number of ketones is 2. The van der Waals surface area contributed by atoms with Crippen molar-refractivity contribution >= 4 is 11.6 Å². The number of ether oxygens (including phenoxy) is 1. The number of allylic oxidation sites excluding steroid dienone is 3. The molecule has 1 aromatic rings. The molecule has 0 aromatic heterocycles. The van der Waals surface area contributed by atoms with Crippen LogP contribution in [-0.2, 0) is 9.53 Å². The van der Waals surface area contributed by atoms with Crippen molar-refractivity contribution in [2.75, 3.05) is 7.05 Å². The third kappa shape index (κ3) is 2.70. The number of rotatable bonds is 2. The molecular formula is C21H23NO3. The van der Waals surface area contributed by atoms with E-state index in [1.54, 1.807) is 0 Å². The molecule has 2 heterocycles. The number of fused-ring (bicyclic) bond motifs is 3. The van der Waals surface area contributed by atoms with Crippen molar-refractivity contribution in [2.45, 2.75) is 39.3 Å². The highest BCUT2D eigenvalue weighted by Crippen LogP contribution is 2.48. The number of nitrogens with zero attached hydrogens (tertiary/aromatic N) is 1. The smallest absolute Gasteiger partial charge is 0.191 e. The lowest BCUT2D eigenvalue weighted by molar-refractivity contribution is -0.122. The summed E-state index contributed by atoms with van der Waals surface area (Å²) in [5.41, 5.74) is 2.01. The van der Waals surface area contributed by atoms with Gasteiger partial charge in [0.15, 0.2) is 17.8 Å². The first-order valence-electron chi connectivity index (χ1n) is 8.82. The highest BCUT2D eigenvalue weighted by molar-refractivity contribution is 6.11. The minimum Gasteiger partial charge on any atom is -0.474 e. The fraction of sp³-hybridized carbons (Fsp3) is 0.429. The van der Waals surface area contributed by atoms with Crippen molar-refractivity contribution in [2.24, 2.45) is 11.3 Å². The van der Waals surface area contributed by atoms with Gasteiger partial charge in [-0.3, -0.25) is 9.59 Å².